The standard InChI is InChI=1S/C24H20N2O2.ClH/c27-18(16-28-23-13-5-7-17-8-6-14-25-24(17)23)15-26-21-11-3-1-9-19(21)20-10-2-4-12-22(20)26;/h1-14,18,27H,15-16H2;1H. The number of nitrogens with zero attached hydrogens (tertiary/aromatic N) is 2. The smallest absolute Gasteiger partial charge is 0.145 e. The number of rotatable bonds is 5. The number of fused-ring (bicyclic) bond motifs is 4. The fourth-order valence-electron chi connectivity index (χ4n) is 3.84. The Kier molecular flexibility index (Phi) is 5.38. The van der Waals surface area contributed by atoms with E-state index in [9.17, 15) is 5.11 Å². The first kappa shape index (κ1) is 19.2. The highest BCUT2D eigenvalue weighted by molar-refractivity contribution is 6.07. The zero-order valence-electron chi connectivity index (χ0n) is 15.7. The summed E-state index contributed by atoms with van der Waals surface area (Å²) in [5.41, 5.74) is 3.05. The number of aromatic nitrogens is 2. The fourth-order valence-corrected chi connectivity index (χ4v) is 3.84. The van der Waals surface area contributed by atoms with E-state index in [1.165, 1.54) is 10.8 Å². The van der Waals surface area contributed by atoms with Crippen molar-refractivity contribution in [1.82, 2.24) is 9.55 Å². The van der Waals surface area contributed by atoms with Crippen LogP contribution in [0.15, 0.2) is 85.1 Å². The maximum atomic E-state index is 10.7. The highest BCUT2D eigenvalue weighted by Gasteiger charge is 2.14. The van der Waals surface area contributed by atoms with Gasteiger partial charge in [-0.3, -0.25) is 4.98 Å². The van der Waals surface area contributed by atoms with Crippen LogP contribution in [0.4, 0.5) is 0 Å². The van der Waals surface area contributed by atoms with Crippen molar-refractivity contribution in [2.75, 3.05) is 6.61 Å². The Morgan fingerprint density at radius 2 is 1.48 bits per heavy atom. The number of hydrogen-bond acceptors (Lipinski definition) is 3. The van der Waals surface area contributed by atoms with Crippen LogP contribution < -0.4 is 4.74 Å². The summed E-state index contributed by atoms with van der Waals surface area (Å²) in [4.78, 5) is 4.40. The van der Waals surface area contributed by atoms with Crippen molar-refractivity contribution in [3.05, 3.63) is 85.1 Å². The van der Waals surface area contributed by atoms with Gasteiger partial charge in [-0.2, -0.15) is 0 Å². The van der Waals surface area contributed by atoms with Crippen LogP contribution in [0.2, 0.25) is 0 Å². The summed E-state index contributed by atoms with van der Waals surface area (Å²) in [7, 11) is 0. The maximum absolute atomic E-state index is 10.7. The number of hydrogen-bond donors (Lipinski definition) is 1. The third kappa shape index (κ3) is 3.53. The minimum atomic E-state index is -0.641. The molecule has 4 nitrogen and oxygen atoms in total. The van der Waals surface area contributed by atoms with Crippen molar-refractivity contribution in [3.8, 4) is 5.75 Å². The molecule has 0 spiro atoms. The minimum absolute atomic E-state index is 0. The molecule has 0 radical (unpaired) electrons. The molecule has 146 valence electrons. The van der Waals surface area contributed by atoms with Crippen LogP contribution in [0, 0.1) is 0 Å². The van der Waals surface area contributed by atoms with E-state index in [4.69, 9.17) is 4.74 Å². The Labute approximate surface area is 174 Å². The molecular weight excluding hydrogens is 384 g/mol. The third-order valence-corrected chi connectivity index (χ3v) is 5.10. The predicted octanol–water partition coefficient (Wildman–Crippen LogP) is 5.20. The van der Waals surface area contributed by atoms with E-state index in [0.29, 0.717) is 12.3 Å². The molecule has 0 saturated carbocycles. The van der Waals surface area contributed by atoms with E-state index in [0.717, 1.165) is 21.9 Å². The highest BCUT2D eigenvalue weighted by Crippen LogP contribution is 2.29. The maximum Gasteiger partial charge on any atom is 0.145 e. The topological polar surface area (TPSA) is 47.3 Å². The van der Waals surface area contributed by atoms with Gasteiger partial charge in [-0.05, 0) is 24.3 Å². The van der Waals surface area contributed by atoms with Crippen LogP contribution in [0.1, 0.15) is 0 Å². The Bertz CT molecular complexity index is 1220. The third-order valence-electron chi connectivity index (χ3n) is 5.10. The number of pyridine rings is 1. The summed E-state index contributed by atoms with van der Waals surface area (Å²) < 4.78 is 8.09. The quantitative estimate of drug-likeness (QED) is 0.437. The molecule has 1 atom stereocenters. The molecule has 0 bridgehead atoms. The van der Waals surface area contributed by atoms with Gasteiger partial charge in [0.2, 0.25) is 0 Å². The summed E-state index contributed by atoms with van der Waals surface area (Å²) in [5.74, 6) is 0.694. The lowest BCUT2D eigenvalue weighted by atomic mass is 10.2. The van der Waals surface area contributed by atoms with Gasteiger partial charge in [-0.15, -0.1) is 12.4 Å². The van der Waals surface area contributed by atoms with Gasteiger partial charge in [0.25, 0.3) is 0 Å². The van der Waals surface area contributed by atoms with Gasteiger partial charge in [-0.25, -0.2) is 0 Å². The molecule has 5 rings (SSSR count). The Hall–Kier alpha value is -3.08. The number of para-hydroxylation sites is 3. The number of aliphatic hydroxyl groups excluding tert-OH is 1. The molecule has 0 fully saturated rings. The van der Waals surface area contributed by atoms with Gasteiger partial charge in [0, 0.05) is 33.4 Å². The lowest BCUT2D eigenvalue weighted by Crippen LogP contribution is -2.23. The molecular formula is C24H21ClN2O2. The van der Waals surface area contributed by atoms with E-state index in [2.05, 4.69) is 33.8 Å². The summed E-state index contributed by atoms with van der Waals surface area (Å²) in [5, 5.41) is 14.1. The van der Waals surface area contributed by atoms with Crippen molar-refractivity contribution < 1.29 is 9.84 Å². The van der Waals surface area contributed by atoms with Crippen LogP contribution in [0.5, 0.6) is 5.75 Å². The molecule has 3 aromatic carbocycles. The number of aliphatic hydroxyl groups is 1. The molecule has 5 aromatic rings. The number of halogens is 1. The van der Waals surface area contributed by atoms with Gasteiger partial charge in [0.15, 0.2) is 0 Å². The second kappa shape index (κ2) is 8.11. The monoisotopic (exact) mass is 404 g/mol. The molecule has 2 heterocycles. The molecule has 1 unspecified atom stereocenters. The largest absolute Gasteiger partial charge is 0.489 e. The van der Waals surface area contributed by atoms with Crippen LogP contribution in [-0.2, 0) is 6.54 Å². The molecule has 0 saturated heterocycles. The SMILES string of the molecule is Cl.OC(COc1cccc2cccnc12)Cn1c2ccccc2c2ccccc21. The summed E-state index contributed by atoms with van der Waals surface area (Å²) in [6.45, 7) is 0.669. The fraction of sp³-hybridized carbons (Fsp3) is 0.125. The zero-order valence-corrected chi connectivity index (χ0v) is 16.5. The van der Waals surface area contributed by atoms with Crippen LogP contribution in [0.3, 0.4) is 0 Å². The Morgan fingerprint density at radius 3 is 2.21 bits per heavy atom. The molecule has 1 N–H and O–H groups in total. The lowest BCUT2D eigenvalue weighted by Gasteiger charge is -2.15. The van der Waals surface area contributed by atoms with Crippen LogP contribution in [0.25, 0.3) is 32.7 Å². The van der Waals surface area contributed by atoms with Crippen molar-refractivity contribution in [2.24, 2.45) is 0 Å². The number of benzene rings is 3. The summed E-state index contributed by atoms with van der Waals surface area (Å²) in [6, 6.07) is 26.3. The first-order chi connectivity index (χ1) is 13.8. The van der Waals surface area contributed by atoms with Crippen molar-refractivity contribution in [2.45, 2.75) is 12.6 Å². The van der Waals surface area contributed by atoms with Gasteiger partial charge < -0.3 is 14.4 Å². The van der Waals surface area contributed by atoms with Gasteiger partial charge >= 0.3 is 0 Å². The average Bonchev–Trinajstić information content (AvgIpc) is 3.06. The van der Waals surface area contributed by atoms with Gasteiger partial charge in [-0.1, -0.05) is 54.6 Å². The minimum Gasteiger partial charge on any atom is -0.489 e. The summed E-state index contributed by atoms with van der Waals surface area (Å²) in [6.07, 6.45) is 1.11. The second-order valence-corrected chi connectivity index (χ2v) is 6.94. The highest BCUT2D eigenvalue weighted by atomic mass is 35.5. The van der Waals surface area contributed by atoms with Crippen molar-refractivity contribution in [3.63, 3.8) is 0 Å². The second-order valence-electron chi connectivity index (χ2n) is 6.94. The molecule has 29 heavy (non-hydrogen) atoms. The van der Waals surface area contributed by atoms with E-state index >= 15 is 0 Å². The molecule has 0 aliphatic heterocycles. The van der Waals surface area contributed by atoms with E-state index in [1.807, 2.05) is 54.6 Å². The molecule has 0 aliphatic rings. The van der Waals surface area contributed by atoms with Crippen molar-refractivity contribution in [1.29, 1.82) is 0 Å². The molecule has 0 aliphatic carbocycles. The normalized spacial score (nSPS) is 12.2. The first-order valence-electron chi connectivity index (χ1n) is 9.42. The van der Waals surface area contributed by atoms with Gasteiger partial charge in [0.05, 0.1) is 6.54 Å². The average molecular weight is 405 g/mol. The molecule has 5 heteroatoms. The van der Waals surface area contributed by atoms with E-state index in [-0.39, 0.29) is 19.0 Å². The first-order valence-corrected chi connectivity index (χ1v) is 9.42. The molecule has 2 aromatic heterocycles. The predicted molar refractivity (Wildman–Crippen MR) is 120 cm³/mol. The van der Waals surface area contributed by atoms with Crippen LogP contribution in [-0.4, -0.2) is 27.4 Å². The lowest BCUT2D eigenvalue weighted by molar-refractivity contribution is 0.0951. The number of ether oxygens (including phenoxy) is 1. The van der Waals surface area contributed by atoms with E-state index in [1.54, 1.807) is 6.20 Å². The molecule has 0 amide bonds. The van der Waals surface area contributed by atoms with E-state index < -0.39 is 6.10 Å². The Balaban J connectivity index is 0.00000205. The zero-order chi connectivity index (χ0) is 18.9. The Morgan fingerprint density at radius 1 is 0.828 bits per heavy atom. The van der Waals surface area contributed by atoms with Crippen LogP contribution >= 0.6 is 12.4 Å². The van der Waals surface area contributed by atoms with Gasteiger partial charge in [0.1, 0.15) is 24.0 Å². The van der Waals surface area contributed by atoms with Crippen molar-refractivity contribution >= 4 is 45.1 Å². The summed E-state index contributed by atoms with van der Waals surface area (Å²) >= 11 is 0.